The van der Waals surface area contributed by atoms with E-state index in [4.69, 9.17) is 0 Å². The van der Waals surface area contributed by atoms with Crippen LogP contribution in [-0.2, 0) is 0 Å². The van der Waals surface area contributed by atoms with Crippen molar-refractivity contribution in [3.05, 3.63) is 48.5 Å². The van der Waals surface area contributed by atoms with Crippen molar-refractivity contribution < 1.29 is 14.7 Å². The molecule has 0 atom stereocenters. The zero-order valence-corrected chi connectivity index (χ0v) is 14.2. The van der Waals surface area contributed by atoms with Crippen LogP contribution in [0.25, 0.3) is 0 Å². The predicted molar refractivity (Wildman–Crippen MR) is 85.8 cm³/mol. The molecule has 0 aliphatic rings. The highest BCUT2D eigenvalue weighted by molar-refractivity contribution is 9.11. The van der Waals surface area contributed by atoms with Crippen LogP contribution in [0, 0.1) is 6.92 Å². The second-order valence-corrected chi connectivity index (χ2v) is 6.55. The summed E-state index contributed by atoms with van der Waals surface area (Å²) in [6, 6.07) is 3.13. The van der Waals surface area contributed by atoms with Crippen LogP contribution in [0.5, 0.6) is 0 Å². The summed E-state index contributed by atoms with van der Waals surface area (Å²) in [4.78, 5) is 23.4. The highest BCUT2D eigenvalue weighted by Gasteiger charge is 2.18. The second kappa shape index (κ2) is 6.07. The van der Waals surface area contributed by atoms with Crippen LogP contribution >= 0.6 is 43.2 Å². The standard InChI is InChI=1S/C13H9Br2NO3S/c1-6-4-20-5-9(6)12(17)16-11-8(13(18)19)2-7(14)3-10(11)15/h2-5H,1H3,(H,16,17)(H,18,19). The summed E-state index contributed by atoms with van der Waals surface area (Å²) in [5, 5.41) is 15.5. The molecule has 0 aliphatic heterocycles. The number of halogens is 2. The van der Waals surface area contributed by atoms with Crippen molar-refractivity contribution in [1.82, 2.24) is 0 Å². The Morgan fingerprint density at radius 3 is 2.45 bits per heavy atom. The van der Waals surface area contributed by atoms with Crippen molar-refractivity contribution in [3.63, 3.8) is 0 Å². The number of rotatable bonds is 3. The SMILES string of the molecule is Cc1cscc1C(=O)Nc1c(Br)cc(Br)cc1C(=O)O. The number of hydrogen-bond acceptors (Lipinski definition) is 3. The Bertz CT molecular complexity index is 697. The lowest BCUT2D eigenvalue weighted by molar-refractivity contribution is 0.0698. The average molecular weight is 419 g/mol. The van der Waals surface area contributed by atoms with E-state index in [1.54, 1.807) is 11.4 Å². The summed E-state index contributed by atoms with van der Waals surface area (Å²) in [5.74, 6) is -1.43. The zero-order valence-electron chi connectivity index (χ0n) is 10.2. The highest BCUT2D eigenvalue weighted by atomic mass is 79.9. The fourth-order valence-corrected chi connectivity index (χ4v) is 3.80. The van der Waals surface area contributed by atoms with E-state index < -0.39 is 5.97 Å². The van der Waals surface area contributed by atoms with E-state index in [1.165, 1.54) is 17.4 Å². The Hall–Kier alpha value is -1.18. The van der Waals surface area contributed by atoms with E-state index in [0.717, 1.165) is 5.56 Å². The zero-order chi connectivity index (χ0) is 14.9. The van der Waals surface area contributed by atoms with Crippen molar-refractivity contribution in [1.29, 1.82) is 0 Å². The maximum atomic E-state index is 12.2. The van der Waals surface area contributed by atoms with Crippen LogP contribution in [0.2, 0.25) is 0 Å². The largest absolute Gasteiger partial charge is 0.478 e. The van der Waals surface area contributed by atoms with Gasteiger partial charge in [-0.3, -0.25) is 4.79 Å². The van der Waals surface area contributed by atoms with Gasteiger partial charge in [0.1, 0.15) is 0 Å². The Balaban J connectivity index is 2.41. The molecule has 2 N–H and O–H groups in total. The van der Waals surface area contributed by atoms with Crippen molar-refractivity contribution >= 4 is 60.8 Å². The van der Waals surface area contributed by atoms with E-state index in [-0.39, 0.29) is 17.2 Å². The maximum absolute atomic E-state index is 12.2. The molecule has 2 rings (SSSR count). The first-order valence-electron chi connectivity index (χ1n) is 5.46. The summed E-state index contributed by atoms with van der Waals surface area (Å²) in [6.07, 6.45) is 0. The van der Waals surface area contributed by atoms with Crippen molar-refractivity contribution in [3.8, 4) is 0 Å². The molecule has 1 aromatic carbocycles. The third-order valence-corrected chi connectivity index (χ3v) is 4.57. The lowest BCUT2D eigenvalue weighted by atomic mass is 10.1. The summed E-state index contributed by atoms with van der Waals surface area (Å²) < 4.78 is 1.12. The van der Waals surface area contributed by atoms with Gasteiger partial charge in [-0.25, -0.2) is 4.79 Å². The van der Waals surface area contributed by atoms with Gasteiger partial charge in [-0.2, -0.15) is 11.3 Å². The molecule has 20 heavy (non-hydrogen) atoms. The van der Waals surface area contributed by atoms with Gasteiger partial charge in [0, 0.05) is 14.3 Å². The fraction of sp³-hybridized carbons (Fsp3) is 0.0769. The Morgan fingerprint density at radius 1 is 1.20 bits per heavy atom. The number of aryl methyl sites for hydroxylation is 1. The van der Waals surface area contributed by atoms with Gasteiger partial charge in [0.15, 0.2) is 0 Å². The molecule has 0 fully saturated rings. The smallest absolute Gasteiger partial charge is 0.337 e. The van der Waals surface area contributed by atoms with Gasteiger partial charge in [-0.05, 0) is 45.9 Å². The number of nitrogens with one attached hydrogen (secondary N) is 1. The van der Waals surface area contributed by atoms with E-state index in [0.29, 0.717) is 14.5 Å². The van der Waals surface area contributed by atoms with E-state index in [1.807, 2.05) is 12.3 Å². The van der Waals surface area contributed by atoms with E-state index in [9.17, 15) is 14.7 Å². The van der Waals surface area contributed by atoms with Crippen LogP contribution in [0.3, 0.4) is 0 Å². The fourth-order valence-electron chi connectivity index (χ4n) is 1.64. The summed E-state index contributed by atoms with van der Waals surface area (Å²) >= 11 is 7.92. The minimum Gasteiger partial charge on any atom is -0.478 e. The van der Waals surface area contributed by atoms with Crippen LogP contribution < -0.4 is 5.32 Å². The van der Waals surface area contributed by atoms with Crippen LogP contribution in [0.1, 0.15) is 26.3 Å². The molecule has 0 bridgehead atoms. The van der Waals surface area contributed by atoms with Gasteiger partial charge in [-0.1, -0.05) is 15.9 Å². The number of thiophene rings is 1. The van der Waals surface area contributed by atoms with Gasteiger partial charge in [-0.15, -0.1) is 0 Å². The summed E-state index contributed by atoms with van der Waals surface area (Å²) in [7, 11) is 0. The molecule has 1 amide bonds. The van der Waals surface area contributed by atoms with Gasteiger partial charge in [0.2, 0.25) is 0 Å². The van der Waals surface area contributed by atoms with Crippen LogP contribution in [-0.4, -0.2) is 17.0 Å². The Labute approximate surface area is 136 Å². The second-order valence-electron chi connectivity index (χ2n) is 4.04. The van der Waals surface area contributed by atoms with Crippen molar-refractivity contribution in [2.75, 3.05) is 5.32 Å². The molecule has 1 aromatic heterocycles. The molecule has 0 unspecified atom stereocenters. The molecule has 2 aromatic rings. The minimum atomic E-state index is -1.11. The topological polar surface area (TPSA) is 66.4 Å². The predicted octanol–water partition coefficient (Wildman–Crippen LogP) is 4.53. The van der Waals surface area contributed by atoms with Gasteiger partial charge in [0.25, 0.3) is 5.91 Å². The monoisotopic (exact) mass is 417 g/mol. The number of carboxylic acid groups (broad SMARTS) is 1. The van der Waals surface area contributed by atoms with Crippen molar-refractivity contribution in [2.45, 2.75) is 6.92 Å². The number of hydrogen-bond donors (Lipinski definition) is 2. The number of anilines is 1. The first-order chi connectivity index (χ1) is 9.40. The molecule has 0 radical (unpaired) electrons. The Kier molecular flexibility index (Phi) is 4.62. The number of carbonyl (C=O) groups excluding carboxylic acids is 1. The molecule has 0 saturated carbocycles. The molecule has 1 heterocycles. The first kappa shape index (κ1) is 15.2. The molecule has 4 nitrogen and oxygen atoms in total. The number of carboxylic acids is 1. The summed E-state index contributed by atoms with van der Waals surface area (Å²) in [5.41, 5.74) is 1.67. The molecule has 0 spiro atoms. The molecular formula is C13H9Br2NO3S. The molecule has 0 saturated heterocycles. The lowest BCUT2D eigenvalue weighted by Crippen LogP contribution is -2.15. The van der Waals surface area contributed by atoms with Crippen molar-refractivity contribution in [2.24, 2.45) is 0 Å². The molecular weight excluding hydrogens is 410 g/mol. The third kappa shape index (κ3) is 3.11. The average Bonchev–Trinajstić information content (AvgIpc) is 2.78. The van der Waals surface area contributed by atoms with Gasteiger partial charge < -0.3 is 10.4 Å². The summed E-state index contributed by atoms with van der Waals surface area (Å²) in [6.45, 7) is 1.83. The quantitative estimate of drug-likeness (QED) is 0.769. The van der Waals surface area contributed by atoms with E-state index >= 15 is 0 Å². The highest BCUT2D eigenvalue weighted by Crippen LogP contribution is 2.31. The van der Waals surface area contributed by atoms with Gasteiger partial charge in [0.05, 0.1) is 16.8 Å². The van der Waals surface area contributed by atoms with E-state index in [2.05, 4.69) is 37.2 Å². The number of carbonyl (C=O) groups is 2. The normalized spacial score (nSPS) is 10.3. The van der Waals surface area contributed by atoms with Crippen LogP contribution in [0.15, 0.2) is 31.8 Å². The number of benzene rings is 1. The lowest BCUT2D eigenvalue weighted by Gasteiger charge is -2.11. The molecule has 104 valence electrons. The Morgan fingerprint density at radius 2 is 1.90 bits per heavy atom. The third-order valence-electron chi connectivity index (χ3n) is 2.62. The number of amides is 1. The van der Waals surface area contributed by atoms with Gasteiger partial charge >= 0.3 is 5.97 Å². The molecule has 7 heteroatoms. The number of aromatic carboxylic acids is 1. The first-order valence-corrected chi connectivity index (χ1v) is 7.99. The maximum Gasteiger partial charge on any atom is 0.337 e. The molecule has 0 aliphatic carbocycles. The van der Waals surface area contributed by atoms with Crippen LogP contribution in [0.4, 0.5) is 5.69 Å². The minimum absolute atomic E-state index is 0.0208.